The van der Waals surface area contributed by atoms with Gasteiger partial charge >= 0.3 is 0 Å². The summed E-state index contributed by atoms with van der Waals surface area (Å²) in [5, 5.41) is 11.1. The van der Waals surface area contributed by atoms with E-state index in [0.29, 0.717) is 43.7 Å². The molecule has 190 valence electrons. The fourth-order valence-electron chi connectivity index (χ4n) is 3.01. The average Bonchev–Trinajstić information content (AvgIpc) is 2.80. The van der Waals surface area contributed by atoms with E-state index in [2.05, 4.69) is 15.5 Å². The number of ketones is 1. The van der Waals surface area contributed by atoms with Crippen LogP contribution >= 0.6 is 23.2 Å². The number of carbonyl (C=O) groups is 2. The molecule has 0 bridgehead atoms. The number of amides is 1. The maximum atomic E-state index is 13.0. The number of halogens is 2. The third-order valence-electron chi connectivity index (χ3n) is 4.41. The number of Topliss-reactive ketones (excluding diaryl/α,β-unsaturated/α-hetero) is 1. The summed E-state index contributed by atoms with van der Waals surface area (Å²) in [5.41, 5.74) is 0.459. The van der Waals surface area contributed by atoms with Crippen molar-refractivity contribution in [3.05, 3.63) is 34.3 Å². The van der Waals surface area contributed by atoms with E-state index < -0.39 is 17.7 Å². The van der Waals surface area contributed by atoms with E-state index in [-0.39, 0.29) is 27.2 Å². The van der Waals surface area contributed by atoms with E-state index >= 15 is 0 Å². The number of hydrogen-bond donors (Lipinski definition) is 1. The molecule has 0 aliphatic heterocycles. The van der Waals surface area contributed by atoms with Crippen molar-refractivity contribution >= 4 is 46.3 Å². The summed E-state index contributed by atoms with van der Waals surface area (Å²) in [6, 6.07) is 4.82. The monoisotopic (exact) mass is 525 g/mol. The molecule has 0 saturated heterocycles. The van der Waals surface area contributed by atoms with Gasteiger partial charge in [-0.25, -0.2) is 0 Å². The molecule has 2 aromatic carbocycles. The van der Waals surface area contributed by atoms with Gasteiger partial charge in [0.25, 0.3) is 5.91 Å². The number of anilines is 1. The Balaban J connectivity index is 2.37. The molecule has 0 spiro atoms. The molecule has 1 atom stereocenters. The van der Waals surface area contributed by atoms with Crippen LogP contribution in [0.1, 0.15) is 34.6 Å². The Hall–Kier alpha value is -3.04. The van der Waals surface area contributed by atoms with Gasteiger partial charge in [-0.15, -0.1) is 0 Å². The zero-order valence-corrected chi connectivity index (χ0v) is 21.8. The summed E-state index contributed by atoms with van der Waals surface area (Å²) in [6.45, 7) is 9.93. The van der Waals surface area contributed by atoms with E-state index in [9.17, 15) is 9.59 Å². The van der Waals surface area contributed by atoms with Crippen LogP contribution in [0.15, 0.2) is 34.5 Å². The predicted octanol–water partition coefficient (Wildman–Crippen LogP) is 6.27. The molecule has 1 amide bonds. The molecule has 0 aliphatic rings. The molecule has 2 rings (SSSR count). The smallest absolute Gasteiger partial charge is 0.258 e. The summed E-state index contributed by atoms with van der Waals surface area (Å²) < 4.78 is 22.3. The van der Waals surface area contributed by atoms with Gasteiger partial charge in [0.2, 0.25) is 6.04 Å². The van der Waals surface area contributed by atoms with Crippen molar-refractivity contribution in [3.8, 4) is 23.0 Å². The van der Waals surface area contributed by atoms with Crippen LogP contribution in [-0.2, 0) is 9.59 Å². The highest BCUT2D eigenvalue weighted by Gasteiger charge is 2.26. The third kappa shape index (κ3) is 7.47. The molecule has 0 aliphatic carbocycles. The van der Waals surface area contributed by atoms with Crippen LogP contribution in [-0.4, -0.2) is 44.2 Å². The van der Waals surface area contributed by atoms with Gasteiger partial charge in [0.1, 0.15) is 5.69 Å². The highest BCUT2D eigenvalue weighted by Crippen LogP contribution is 2.41. The highest BCUT2D eigenvalue weighted by atomic mass is 35.5. The summed E-state index contributed by atoms with van der Waals surface area (Å²) in [4.78, 5) is 25.3. The van der Waals surface area contributed by atoms with Crippen LogP contribution in [0.2, 0.25) is 10.0 Å². The van der Waals surface area contributed by atoms with E-state index in [1.54, 1.807) is 25.1 Å². The van der Waals surface area contributed by atoms with Gasteiger partial charge in [-0.2, -0.15) is 10.2 Å². The third-order valence-corrected chi connectivity index (χ3v) is 5.01. The van der Waals surface area contributed by atoms with Crippen molar-refractivity contribution < 1.29 is 28.5 Å². The standard InChI is InChI=1S/C24H29Cl2N3O6/c1-6-32-18-11-10-16(25)21(23(18)35-9-4)27-24(31)20(14(5)30)29-28-15-12-17(26)22(34-8-3)19(13-15)33-7-2/h10-13,20H,6-9H2,1-5H3,(H,27,31). The molecule has 35 heavy (non-hydrogen) atoms. The lowest BCUT2D eigenvalue weighted by molar-refractivity contribution is -0.126. The van der Waals surface area contributed by atoms with Crippen molar-refractivity contribution in [3.63, 3.8) is 0 Å². The number of azo groups is 1. The summed E-state index contributed by atoms with van der Waals surface area (Å²) in [7, 11) is 0. The molecular weight excluding hydrogens is 497 g/mol. The maximum Gasteiger partial charge on any atom is 0.258 e. The first kappa shape index (κ1) is 28.2. The molecule has 0 saturated carbocycles. The predicted molar refractivity (Wildman–Crippen MR) is 135 cm³/mol. The average molecular weight is 526 g/mol. The Bertz CT molecular complexity index is 1080. The molecule has 9 nitrogen and oxygen atoms in total. The van der Waals surface area contributed by atoms with Crippen molar-refractivity contribution in [1.82, 2.24) is 0 Å². The molecule has 0 fully saturated rings. The lowest BCUT2D eigenvalue weighted by Gasteiger charge is -2.18. The number of rotatable bonds is 13. The number of nitrogens with zero attached hydrogens (tertiary/aromatic N) is 2. The van der Waals surface area contributed by atoms with Crippen LogP contribution in [0.5, 0.6) is 23.0 Å². The Morgan fingerprint density at radius 3 is 2.06 bits per heavy atom. The van der Waals surface area contributed by atoms with Gasteiger partial charge < -0.3 is 24.3 Å². The Kier molecular flexibility index (Phi) is 11.1. The van der Waals surface area contributed by atoms with Gasteiger partial charge in [0.15, 0.2) is 28.8 Å². The van der Waals surface area contributed by atoms with Gasteiger partial charge in [-0.3, -0.25) is 9.59 Å². The zero-order chi connectivity index (χ0) is 26.0. The first-order chi connectivity index (χ1) is 16.8. The number of carbonyl (C=O) groups excluding carboxylic acids is 2. The van der Waals surface area contributed by atoms with Crippen LogP contribution in [0.4, 0.5) is 11.4 Å². The minimum Gasteiger partial charge on any atom is -0.490 e. The van der Waals surface area contributed by atoms with E-state index in [0.717, 1.165) is 0 Å². The lowest BCUT2D eigenvalue weighted by atomic mass is 10.2. The fraction of sp³-hybridized carbons (Fsp3) is 0.417. The van der Waals surface area contributed by atoms with E-state index in [4.69, 9.17) is 42.1 Å². The number of hydrogen-bond acceptors (Lipinski definition) is 8. The van der Waals surface area contributed by atoms with Crippen molar-refractivity contribution in [2.75, 3.05) is 31.7 Å². The topological polar surface area (TPSA) is 108 Å². The Morgan fingerprint density at radius 2 is 1.46 bits per heavy atom. The number of ether oxygens (including phenoxy) is 4. The summed E-state index contributed by atoms with van der Waals surface area (Å²) >= 11 is 12.6. The van der Waals surface area contributed by atoms with Crippen molar-refractivity contribution in [2.45, 2.75) is 40.7 Å². The van der Waals surface area contributed by atoms with Crippen LogP contribution in [0.25, 0.3) is 0 Å². The van der Waals surface area contributed by atoms with Crippen molar-refractivity contribution in [2.24, 2.45) is 10.2 Å². The van der Waals surface area contributed by atoms with Gasteiger partial charge in [-0.05, 0) is 52.8 Å². The minimum absolute atomic E-state index is 0.175. The van der Waals surface area contributed by atoms with E-state index in [1.807, 2.05) is 20.8 Å². The Labute approximate surface area is 214 Å². The van der Waals surface area contributed by atoms with Gasteiger partial charge in [0, 0.05) is 6.07 Å². The summed E-state index contributed by atoms with van der Waals surface area (Å²) in [6.07, 6.45) is 0. The molecule has 0 aromatic heterocycles. The van der Waals surface area contributed by atoms with E-state index in [1.165, 1.54) is 13.0 Å². The largest absolute Gasteiger partial charge is 0.490 e. The SMILES string of the molecule is CCOc1cc(N=NC(C(C)=O)C(=O)Nc2c(Cl)ccc(OCC)c2OCC)cc(Cl)c1OCC. The quantitative estimate of drug-likeness (QED) is 0.244. The molecule has 11 heteroatoms. The number of benzene rings is 2. The zero-order valence-electron chi connectivity index (χ0n) is 20.3. The summed E-state index contributed by atoms with van der Waals surface area (Å²) in [5.74, 6) is 0.156. The molecule has 2 aromatic rings. The molecule has 1 N–H and O–H groups in total. The van der Waals surface area contributed by atoms with Gasteiger partial charge in [-0.1, -0.05) is 23.2 Å². The second-order valence-electron chi connectivity index (χ2n) is 6.95. The first-order valence-corrected chi connectivity index (χ1v) is 11.9. The highest BCUT2D eigenvalue weighted by molar-refractivity contribution is 6.34. The van der Waals surface area contributed by atoms with Gasteiger partial charge in [0.05, 0.1) is 42.2 Å². The first-order valence-electron chi connectivity index (χ1n) is 11.2. The minimum atomic E-state index is -1.45. The normalized spacial score (nSPS) is 11.7. The molecule has 0 radical (unpaired) electrons. The fourth-order valence-corrected chi connectivity index (χ4v) is 3.46. The Morgan fingerprint density at radius 1 is 0.857 bits per heavy atom. The molecule has 1 unspecified atom stereocenters. The van der Waals surface area contributed by atoms with Crippen molar-refractivity contribution in [1.29, 1.82) is 0 Å². The van der Waals surface area contributed by atoms with Crippen LogP contribution in [0.3, 0.4) is 0 Å². The second-order valence-corrected chi connectivity index (χ2v) is 7.77. The maximum absolute atomic E-state index is 13.0. The molecular formula is C24H29Cl2N3O6. The molecule has 0 heterocycles. The number of nitrogens with one attached hydrogen (secondary N) is 1. The van der Waals surface area contributed by atoms with Crippen LogP contribution in [0, 0.1) is 0 Å². The lowest BCUT2D eigenvalue weighted by Crippen LogP contribution is -2.32. The second kappa shape index (κ2) is 13.7. The van der Waals surface area contributed by atoms with Crippen LogP contribution < -0.4 is 24.3 Å².